The molecule has 1 aliphatic heterocycles. The third-order valence-corrected chi connectivity index (χ3v) is 7.92. The Balaban J connectivity index is 1.65. The van der Waals surface area contributed by atoms with Crippen LogP contribution in [-0.4, -0.2) is 35.3 Å². The van der Waals surface area contributed by atoms with Crippen LogP contribution in [0, 0.1) is 6.92 Å². The lowest BCUT2D eigenvalue weighted by molar-refractivity contribution is -0.139. The van der Waals surface area contributed by atoms with Gasteiger partial charge in [-0.1, -0.05) is 42.9 Å². The molecule has 0 unspecified atom stereocenters. The van der Waals surface area contributed by atoms with Gasteiger partial charge in [-0.15, -0.1) is 0 Å². The van der Waals surface area contributed by atoms with E-state index in [9.17, 15) is 19.5 Å². The number of esters is 1. The second kappa shape index (κ2) is 12.0. The van der Waals surface area contributed by atoms with Crippen LogP contribution < -0.4 is 19.6 Å². The number of nitrogens with zero attached hydrogens (tertiary/aromatic N) is 2. The summed E-state index contributed by atoms with van der Waals surface area (Å²) >= 11 is 1.22. The van der Waals surface area contributed by atoms with Gasteiger partial charge < -0.3 is 19.0 Å². The van der Waals surface area contributed by atoms with Crippen LogP contribution >= 0.6 is 11.3 Å². The Morgan fingerprint density at radius 3 is 2.64 bits per heavy atom. The molecule has 0 amide bonds. The highest BCUT2D eigenvalue weighted by Gasteiger charge is 2.34. The van der Waals surface area contributed by atoms with Gasteiger partial charge in [-0.2, -0.15) is 0 Å². The summed E-state index contributed by atoms with van der Waals surface area (Å²) in [6.07, 6.45) is 2.95. The van der Waals surface area contributed by atoms with Gasteiger partial charge in [0, 0.05) is 11.6 Å². The second-order valence-corrected chi connectivity index (χ2v) is 10.7. The molecule has 0 aliphatic carbocycles. The van der Waals surface area contributed by atoms with E-state index >= 15 is 0 Å². The fourth-order valence-corrected chi connectivity index (χ4v) is 6.03. The molecule has 2 aromatic carbocycles. The number of aromatic carboxylic acids is 1. The van der Waals surface area contributed by atoms with Gasteiger partial charge in [0.15, 0.2) is 4.80 Å². The van der Waals surface area contributed by atoms with Gasteiger partial charge in [0.25, 0.3) is 5.56 Å². The van der Waals surface area contributed by atoms with Crippen molar-refractivity contribution in [3.05, 3.63) is 108 Å². The van der Waals surface area contributed by atoms with Crippen LogP contribution in [0.4, 0.5) is 0 Å². The van der Waals surface area contributed by atoms with Crippen LogP contribution in [0.3, 0.4) is 0 Å². The van der Waals surface area contributed by atoms with Crippen molar-refractivity contribution >= 4 is 29.4 Å². The van der Waals surface area contributed by atoms with Crippen LogP contribution in [0.1, 0.15) is 60.0 Å². The number of aryl methyl sites for hydroxylation is 1. The first-order valence-corrected chi connectivity index (χ1v) is 14.4. The zero-order chi connectivity index (χ0) is 30.0. The van der Waals surface area contributed by atoms with Crippen molar-refractivity contribution in [3.63, 3.8) is 0 Å². The summed E-state index contributed by atoms with van der Waals surface area (Å²) in [6, 6.07) is 14.9. The molecule has 0 bridgehead atoms. The molecule has 0 saturated carbocycles. The van der Waals surface area contributed by atoms with Gasteiger partial charge in [0.2, 0.25) is 0 Å². The molecule has 1 atom stereocenters. The van der Waals surface area contributed by atoms with Gasteiger partial charge in [0.05, 0.1) is 41.1 Å². The van der Waals surface area contributed by atoms with Crippen LogP contribution in [0.25, 0.3) is 17.4 Å². The number of ether oxygens (including phenoxy) is 2. The number of aromatic nitrogens is 1. The normalized spacial score (nSPS) is 14.9. The Bertz CT molecular complexity index is 1890. The van der Waals surface area contributed by atoms with Gasteiger partial charge in [-0.3, -0.25) is 9.36 Å². The maximum absolute atomic E-state index is 14.0. The minimum atomic E-state index is -0.999. The molecule has 10 heteroatoms. The Hall–Kier alpha value is -4.70. The van der Waals surface area contributed by atoms with Crippen LogP contribution in [0.2, 0.25) is 0 Å². The molecule has 0 radical (unpaired) electrons. The van der Waals surface area contributed by atoms with Gasteiger partial charge >= 0.3 is 11.9 Å². The minimum Gasteiger partial charge on any atom is -0.497 e. The number of hydrogen-bond acceptors (Lipinski definition) is 8. The fourth-order valence-electron chi connectivity index (χ4n) is 5.03. The molecular weight excluding hydrogens is 556 g/mol. The van der Waals surface area contributed by atoms with E-state index in [1.165, 1.54) is 22.0 Å². The number of carbonyl (C=O) groups excluding carboxylic acids is 1. The SMILES string of the molecule is CCCC1=C(C(=O)OCC)[C@@H](c2cccc(OC)c2)n2c(s/c(=C\c3ccc(-c4ccc(C(=O)O)cc4C)o3)c2=O)=N1. The van der Waals surface area contributed by atoms with E-state index in [1.807, 2.05) is 32.0 Å². The number of carboxylic acids is 1. The maximum Gasteiger partial charge on any atom is 0.338 e. The van der Waals surface area contributed by atoms with E-state index < -0.39 is 18.0 Å². The third-order valence-electron chi connectivity index (χ3n) is 6.94. The Morgan fingerprint density at radius 2 is 1.95 bits per heavy atom. The van der Waals surface area contributed by atoms with Gasteiger partial charge in [-0.05, 0) is 67.8 Å². The molecule has 42 heavy (non-hydrogen) atoms. The second-order valence-electron chi connectivity index (χ2n) is 9.73. The Morgan fingerprint density at radius 1 is 1.14 bits per heavy atom. The first-order chi connectivity index (χ1) is 20.2. The zero-order valence-corrected chi connectivity index (χ0v) is 24.5. The third kappa shape index (κ3) is 5.45. The molecule has 0 spiro atoms. The number of furan rings is 1. The smallest absolute Gasteiger partial charge is 0.338 e. The monoisotopic (exact) mass is 586 g/mol. The van der Waals surface area contributed by atoms with Crippen molar-refractivity contribution in [1.29, 1.82) is 0 Å². The van der Waals surface area contributed by atoms with Crippen LogP contribution in [0.15, 0.2) is 80.1 Å². The molecule has 0 saturated heterocycles. The Labute approximate surface area is 245 Å². The fraction of sp³-hybridized carbons (Fsp3) is 0.250. The molecule has 216 valence electrons. The maximum atomic E-state index is 14.0. The molecule has 3 heterocycles. The van der Waals surface area contributed by atoms with E-state index in [0.29, 0.717) is 49.9 Å². The number of fused-ring (bicyclic) bond motifs is 1. The topological polar surface area (TPSA) is 120 Å². The largest absolute Gasteiger partial charge is 0.497 e. The number of thiazole rings is 1. The lowest BCUT2D eigenvalue weighted by Crippen LogP contribution is -2.40. The quantitative estimate of drug-likeness (QED) is 0.278. The lowest BCUT2D eigenvalue weighted by Gasteiger charge is -2.26. The molecule has 0 fully saturated rings. The van der Waals surface area contributed by atoms with Crippen molar-refractivity contribution < 1.29 is 28.6 Å². The van der Waals surface area contributed by atoms with Crippen molar-refractivity contribution in [2.75, 3.05) is 13.7 Å². The van der Waals surface area contributed by atoms with Crippen molar-refractivity contribution in [1.82, 2.24) is 4.57 Å². The lowest BCUT2D eigenvalue weighted by atomic mass is 9.94. The summed E-state index contributed by atoms with van der Waals surface area (Å²) in [5.74, 6) is 0.0925. The summed E-state index contributed by atoms with van der Waals surface area (Å²) in [4.78, 5) is 43.9. The summed E-state index contributed by atoms with van der Waals surface area (Å²) in [5, 5.41) is 9.27. The summed E-state index contributed by atoms with van der Waals surface area (Å²) in [6.45, 7) is 5.76. The molecule has 2 aromatic heterocycles. The highest BCUT2D eigenvalue weighted by Crippen LogP contribution is 2.34. The number of allylic oxidation sites excluding steroid dienone is 1. The highest BCUT2D eigenvalue weighted by atomic mass is 32.1. The summed E-state index contributed by atoms with van der Waals surface area (Å²) in [5.41, 5.74) is 3.02. The molecule has 1 N–H and O–H groups in total. The number of carbonyl (C=O) groups is 2. The van der Waals surface area contributed by atoms with Crippen LogP contribution in [0.5, 0.6) is 5.75 Å². The van der Waals surface area contributed by atoms with E-state index in [4.69, 9.17) is 18.9 Å². The number of methoxy groups -OCH3 is 1. The number of benzene rings is 2. The first kappa shape index (κ1) is 28.8. The van der Waals surface area contributed by atoms with Crippen molar-refractivity contribution in [2.45, 2.75) is 39.7 Å². The van der Waals surface area contributed by atoms with E-state index in [2.05, 4.69) is 0 Å². The molecule has 1 aliphatic rings. The van der Waals surface area contributed by atoms with Crippen molar-refractivity contribution in [2.24, 2.45) is 4.99 Å². The predicted molar refractivity (Wildman–Crippen MR) is 158 cm³/mol. The summed E-state index contributed by atoms with van der Waals surface area (Å²) < 4.78 is 18.9. The average molecular weight is 587 g/mol. The molecule has 9 nitrogen and oxygen atoms in total. The van der Waals surface area contributed by atoms with E-state index in [1.54, 1.807) is 50.4 Å². The molecular formula is C32H30N2O7S. The first-order valence-electron chi connectivity index (χ1n) is 13.6. The van der Waals surface area contributed by atoms with Crippen LogP contribution in [-0.2, 0) is 9.53 Å². The van der Waals surface area contributed by atoms with Gasteiger partial charge in [0.1, 0.15) is 17.3 Å². The minimum absolute atomic E-state index is 0.191. The zero-order valence-electron chi connectivity index (χ0n) is 23.7. The van der Waals surface area contributed by atoms with E-state index in [-0.39, 0.29) is 17.7 Å². The predicted octanol–water partition coefficient (Wildman–Crippen LogP) is 4.85. The molecule has 4 aromatic rings. The standard InChI is InChI=1S/C32H30N2O7S/c1-5-8-24-27(31(38)40-6-2)28(19-9-7-10-21(16-19)39-4)34-29(35)26(42-32(34)33-24)17-22-12-14-25(41-22)23-13-11-20(30(36)37)15-18(23)3/h7,9-17,28H,5-6,8H2,1-4H3,(H,36,37)/b26-17-/t28-/m1/s1. The molecule has 5 rings (SSSR count). The van der Waals surface area contributed by atoms with E-state index in [0.717, 1.165) is 17.5 Å². The number of rotatable bonds is 9. The average Bonchev–Trinajstić information content (AvgIpc) is 3.56. The van der Waals surface area contributed by atoms with Gasteiger partial charge in [-0.25, -0.2) is 14.6 Å². The Kier molecular flexibility index (Phi) is 8.26. The summed E-state index contributed by atoms with van der Waals surface area (Å²) in [7, 11) is 1.56. The van der Waals surface area contributed by atoms with Crippen molar-refractivity contribution in [3.8, 4) is 17.1 Å². The highest BCUT2D eigenvalue weighted by molar-refractivity contribution is 7.07. The number of carboxylic acid groups (broad SMARTS) is 1. The number of hydrogen-bond donors (Lipinski definition) is 1.